The molecule has 2 atom stereocenters. The summed E-state index contributed by atoms with van der Waals surface area (Å²) in [5, 5.41) is -1.23. The van der Waals surface area contributed by atoms with E-state index in [0.29, 0.717) is 0 Å². The first-order chi connectivity index (χ1) is 10.5. The van der Waals surface area contributed by atoms with E-state index in [1.54, 1.807) is 45.9 Å². The van der Waals surface area contributed by atoms with Crippen LogP contribution in [0.5, 0.6) is 0 Å². The quantitative estimate of drug-likeness (QED) is 0.873. The molecule has 2 aliphatic heterocycles. The fraction of sp³-hybridized carbons (Fsp3) is 0.562. The van der Waals surface area contributed by atoms with Crippen LogP contribution in [0.15, 0.2) is 35.2 Å². The van der Waals surface area contributed by atoms with Gasteiger partial charge in [-0.2, -0.15) is 0 Å². The molecule has 1 unspecified atom stereocenters. The summed E-state index contributed by atoms with van der Waals surface area (Å²) in [6.07, 6.45) is 0. The zero-order valence-electron chi connectivity index (χ0n) is 13.7. The Hall–Kier alpha value is -1.44. The van der Waals surface area contributed by atoms with E-state index < -0.39 is 37.8 Å². The van der Waals surface area contributed by atoms with Gasteiger partial charge in [0, 0.05) is 5.41 Å². The van der Waals surface area contributed by atoms with E-state index in [4.69, 9.17) is 10.5 Å². The van der Waals surface area contributed by atoms with Gasteiger partial charge >= 0.3 is 0 Å². The Labute approximate surface area is 136 Å². The van der Waals surface area contributed by atoms with Crippen molar-refractivity contribution in [1.29, 1.82) is 0 Å². The second-order valence-corrected chi connectivity index (χ2v) is 9.33. The molecule has 2 aliphatic rings. The van der Waals surface area contributed by atoms with Crippen molar-refractivity contribution in [1.82, 2.24) is 4.90 Å². The molecule has 23 heavy (non-hydrogen) atoms. The average Bonchev–Trinajstić information content (AvgIpc) is 2.79. The number of ether oxygens (including phenoxy) is 1. The second kappa shape index (κ2) is 4.55. The van der Waals surface area contributed by atoms with E-state index in [2.05, 4.69) is 0 Å². The molecule has 6 nitrogen and oxygen atoms in total. The molecule has 1 aromatic rings. The Morgan fingerprint density at radius 3 is 2.26 bits per heavy atom. The minimum Gasteiger partial charge on any atom is -0.352 e. The normalized spacial score (nSPS) is 32.1. The highest BCUT2D eigenvalue weighted by atomic mass is 32.2. The topological polar surface area (TPSA) is 89.7 Å². The van der Waals surface area contributed by atoms with Crippen LogP contribution in [0.4, 0.5) is 0 Å². The number of rotatable bonds is 2. The zero-order chi connectivity index (χ0) is 17.3. The van der Waals surface area contributed by atoms with Gasteiger partial charge in [0.15, 0.2) is 15.1 Å². The summed E-state index contributed by atoms with van der Waals surface area (Å²) in [6.45, 7) is 7.02. The molecule has 0 radical (unpaired) electrons. The van der Waals surface area contributed by atoms with Crippen LogP contribution in [0, 0.1) is 5.41 Å². The van der Waals surface area contributed by atoms with Gasteiger partial charge in [-0.25, -0.2) is 8.42 Å². The number of benzene rings is 1. The maximum atomic E-state index is 13.1. The lowest BCUT2D eigenvalue weighted by molar-refractivity contribution is -0.143. The minimum absolute atomic E-state index is 0.111. The maximum absolute atomic E-state index is 13.1. The molecule has 1 amide bonds. The van der Waals surface area contributed by atoms with Gasteiger partial charge in [0.1, 0.15) is 11.4 Å². The number of hydrogen-bond donors (Lipinski definition) is 1. The third-order valence-electron chi connectivity index (χ3n) is 5.18. The smallest absolute Gasteiger partial charge is 0.245 e. The molecule has 1 aromatic carbocycles. The highest BCUT2D eigenvalue weighted by molar-refractivity contribution is 7.92. The highest BCUT2D eigenvalue weighted by Gasteiger charge is 2.72. The van der Waals surface area contributed by atoms with Crippen molar-refractivity contribution in [3.05, 3.63) is 30.3 Å². The first kappa shape index (κ1) is 16.4. The van der Waals surface area contributed by atoms with Crippen LogP contribution >= 0.6 is 0 Å². The van der Waals surface area contributed by atoms with Crippen molar-refractivity contribution in [3.63, 3.8) is 0 Å². The summed E-state index contributed by atoms with van der Waals surface area (Å²) in [4.78, 5) is 14.6. The van der Waals surface area contributed by atoms with Crippen molar-refractivity contribution in [2.75, 3.05) is 6.61 Å². The first-order valence-electron chi connectivity index (χ1n) is 7.52. The van der Waals surface area contributed by atoms with Crippen LogP contribution < -0.4 is 5.73 Å². The first-order valence-corrected chi connectivity index (χ1v) is 9.07. The van der Waals surface area contributed by atoms with Crippen LogP contribution in [0.1, 0.15) is 27.7 Å². The zero-order valence-corrected chi connectivity index (χ0v) is 14.6. The van der Waals surface area contributed by atoms with E-state index in [1.165, 1.54) is 17.0 Å². The molecule has 2 N–H and O–H groups in total. The van der Waals surface area contributed by atoms with Gasteiger partial charge in [-0.05, 0) is 26.0 Å². The molecular weight excluding hydrogens is 316 g/mol. The number of fused-ring (bicyclic) bond motifs is 1. The molecule has 0 saturated carbocycles. The van der Waals surface area contributed by atoms with Crippen molar-refractivity contribution in [2.45, 2.75) is 49.2 Å². The van der Waals surface area contributed by atoms with Crippen LogP contribution in [-0.4, -0.2) is 42.5 Å². The van der Waals surface area contributed by atoms with E-state index >= 15 is 0 Å². The lowest BCUT2D eigenvalue weighted by Crippen LogP contribution is -2.62. The summed E-state index contributed by atoms with van der Waals surface area (Å²) in [5.41, 5.74) is 3.42. The molecule has 7 heteroatoms. The van der Waals surface area contributed by atoms with E-state index in [1.807, 2.05) is 0 Å². The number of carbonyl (C=O) groups excluding carboxylic acids is 1. The number of sulfone groups is 1. The van der Waals surface area contributed by atoms with Gasteiger partial charge in [-0.1, -0.05) is 32.0 Å². The van der Waals surface area contributed by atoms with Crippen molar-refractivity contribution >= 4 is 15.7 Å². The molecule has 0 aromatic heterocycles. The number of carbonyl (C=O) groups is 1. The molecule has 0 bridgehead atoms. The standard InChI is InChI=1S/C16H22N2O4S/c1-14(2)12(23(20,21)11-8-6-5-7-9-11)13(19)18-15(3,4)22-10-16(14,18)17/h5-9,12H,10,17H2,1-4H3/t12?,16-/m1/s1. The van der Waals surface area contributed by atoms with Crippen LogP contribution in [0.3, 0.4) is 0 Å². The molecule has 126 valence electrons. The molecular formula is C16H22N2O4S. The van der Waals surface area contributed by atoms with E-state index in [9.17, 15) is 13.2 Å². The number of amides is 1. The lowest BCUT2D eigenvalue weighted by atomic mass is 9.79. The summed E-state index contributed by atoms with van der Waals surface area (Å²) in [5.74, 6) is -0.496. The maximum Gasteiger partial charge on any atom is 0.245 e. The fourth-order valence-electron chi connectivity index (χ4n) is 3.75. The Kier molecular flexibility index (Phi) is 3.25. The monoisotopic (exact) mass is 338 g/mol. The van der Waals surface area contributed by atoms with Crippen molar-refractivity contribution in [3.8, 4) is 0 Å². The van der Waals surface area contributed by atoms with Crippen LogP contribution in [0.25, 0.3) is 0 Å². The summed E-state index contributed by atoms with van der Waals surface area (Å²) in [7, 11) is -3.85. The van der Waals surface area contributed by atoms with Gasteiger partial charge in [-0.15, -0.1) is 0 Å². The number of hydrogen-bond acceptors (Lipinski definition) is 5. The van der Waals surface area contributed by atoms with Gasteiger partial charge in [0.05, 0.1) is 11.5 Å². The lowest BCUT2D eigenvalue weighted by Gasteiger charge is -2.40. The SMILES string of the molecule is CC1(C)OC[C@@]2(N)N1C(=O)C(S(=O)(=O)c1ccccc1)C2(C)C. The fourth-order valence-corrected chi connectivity index (χ4v) is 5.91. The van der Waals surface area contributed by atoms with Crippen molar-refractivity contribution in [2.24, 2.45) is 11.1 Å². The number of nitrogens with two attached hydrogens (primary N) is 1. The summed E-state index contributed by atoms with van der Waals surface area (Å²) < 4.78 is 31.9. The predicted molar refractivity (Wildman–Crippen MR) is 85.0 cm³/mol. The van der Waals surface area contributed by atoms with Crippen LogP contribution in [-0.2, 0) is 19.4 Å². The van der Waals surface area contributed by atoms with E-state index in [0.717, 1.165) is 0 Å². The highest BCUT2D eigenvalue weighted by Crippen LogP contribution is 2.53. The minimum atomic E-state index is -3.85. The predicted octanol–water partition coefficient (Wildman–Crippen LogP) is 1.12. The molecule has 2 fully saturated rings. The van der Waals surface area contributed by atoms with Gasteiger partial charge < -0.3 is 10.5 Å². The number of nitrogens with zero attached hydrogens (tertiary/aromatic N) is 1. The Bertz CT molecular complexity index is 758. The van der Waals surface area contributed by atoms with Crippen LogP contribution in [0.2, 0.25) is 0 Å². The Morgan fingerprint density at radius 1 is 1.17 bits per heavy atom. The average molecular weight is 338 g/mol. The molecule has 3 rings (SSSR count). The van der Waals surface area contributed by atoms with Crippen molar-refractivity contribution < 1.29 is 17.9 Å². The Morgan fingerprint density at radius 2 is 1.74 bits per heavy atom. The third-order valence-corrected chi connectivity index (χ3v) is 7.52. The molecule has 0 aliphatic carbocycles. The largest absolute Gasteiger partial charge is 0.352 e. The van der Waals surface area contributed by atoms with Gasteiger partial charge in [0.25, 0.3) is 0 Å². The van der Waals surface area contributed by atoms with Gasteiger partial charge in [0.2, 0.25) is 5.91 Å². The Balaban J connectivity index is 2.17. The molecule has 2 saturated heterocycles. The summed E-state index contributed by atoms with van der Waals surface area (Å²) >= 11 is 0. The van der Waals surface area contributed by atoms with E-state index in [-0.39, 0.29) is 11.5 Å². The molecule has 2 heterocycles. The van der Waals surface area contributed by atoms with Gasteiger partial charge in [-0.3, -0.25) is 9.69 Å². The third kappa shape index (κ3) is 1.93. The second-order valence-electron chi connectivity index (χ2n) is 7.29. The summed E-state index contributed by atoms with van der Waals surface area (Å²) in [6, 6.07) is 8.04. The molecule has 0 spiro atoms.